The van der Waals surface area contributed by atoms with Crippen molar-refractivity contribution < 1.29 is 5.11 Å². The molecule has 5 nitrogen and oxygen atoms in total. The Balaban J connectivity index is 2.03. The lowest BCUT2D eigenvalue weighted by molar-refractivity contribution is 0.179. The molecule has 0 amide bonds. The van der Waals surface area contributed by atoms with E-state index >= 15 is 0 Å². The summed E-state index contributed by atoms with van der Waals surface area (Å²) >= 11 is 1.69. The van der Waals surface area contributed by atoms with Crippen molar-refractivity contribution in [1.82, 2.24) is 19.9 Å². The highest BCUT2D eigenvalue weighted by atomic mass is 32.1. The molecule has 0 radical (unpaired) electrons. The van der Waals surface area contributed by atoms with E-state index in [4.69, 9.17) is 0 Å². The van der Waals surface area contributed by atoms with Crippen LogP contribution in [0.3, 0.4) is 0 Å². The molecule has 0 unspecified atom stereocenters. The molecule has 3 aromatic heterocycles. The third kappa shape index (κ3) is 2.06. The molecule has 21 heavy (non-hydrogen) atoms. The highest BCUT2D eigenvalue weighted by Gasteiger charge is 2.25. The first-order chi connectivity index (χ1) is 10.3. The molecule has 110 valence electrons. The molecular weight excluding hydrogens is 284 g/mol. The van der Waals surface area contributed by atoms with Crippen molar-refractivity contribution in [3.05, 3.63) is 23.5 Å². The van der Waals surface area contributed by atoms with E-state index in [0.29, 0.717) is 6.04 Å². The van der Waals surface area contributed by atoms with Crippen LogP contribution in [0.15, 0.2) is 17.6 Å². The Hall–Kier alpha value is -1.50. The fourth-order valence-corrected chi connectivity index (χ4v) is 4.10. The van der Waals surface area contributed by atoms with Crippen molar-refractivity contribution in [2.45, 2.75) is 31.9 Å². The molecule has 0 aliphatic carbocycles. The summed E-state index contributed by atoms with van der Waals surface area (Å²) in [5, 5.41) is 15.7. The summed E-state index contributed by atoms with van der Waals surface area (Å²) in [4.78, 5) is 9.11. The zero-order valence-electron chi connectivity index (χ0n) is 11.9. The molecule has 1 saturated heterocycles. The number of pyridine rings is 1. The van der Waals surface area contributed by atoms with Crippen molar-refractivity contribution in [1.29, 1.82) is 0 Å². The Bertz CT molecular complexity index is 786. The van der Waals surface area contributed by atoms with Gasteiger partial charge in [-0.25, -0.2) is 4.98 Å². The number of nitrogens with zero attached hydrogens (tertiary/aromatic N) is 3. The summed E-state index contributed by atoms with van der Waals surface area (Å²) in [5.41, 5.74) is 3.01. The second-order valence-corrected chi connectivity index (χ2v) is 6.56. The smallest absolute Gasteiger partial charge is 0.138 e. The topological polar surface area (TPSA) is 63.0 Å². The van der Waals surface area contributed by atoms with Crippen molar-refractivity contribution in [3.63, 3.8) is 0 Å². The molecule has 0 bridgehead atoms. The average Bonchev–Trinajstić information content (AvgIpc) is 3.11. The average molecular weight is 302 g/mol. The molecule has 6 heteroatoms. The van der Waals surface area contributed by atoms with Gasteiger partial charge < -0.3 is 15.0 Å². The molecule has 2 N–H and O–H groups in total. The Morgan fingerprint density at radius 2 is 2.38 bits per heavy atom. The van der Waals surface area contributed by atoms with Gasteiger partial charge in [-0.3, -0.25) is 4.98 Å². The maximum atomic E-state index is 10.1. The van der Waals surface area contributed by atoms with E-state index in [-0.39, 0.29) is 0 Å². The van der Waals surface area contributed by atoms with Gasteiger partial charge in [0.1, 0.15) is 17.4 Å². The minimum atomic E-state index is -0.575. The number of piperidine rings is 1. The molecular formula is C15H18N4OS. The molecule has 1 aliphatic rings. The van der Waals surface area contributed by atoms with Gasteiger partial charge >= 0.3 is 0 Å². The highest BCUT2D eigenvalue weighted by molar-refractivity contribution is 7.18. The standard InChI is InChI=1S/C15H18N4OS/c1-9(20)15-18-12-8-17-11-4-6-21-14(11)13(12)19(15)10-3-2-5-16-7-10/h4,6,8-10,16,20H,2-3,5,7H2,1H3/t9-,10+/m1/s1. The maximum Gasteiger partial charge on any atom is 0.138 e. The number of fused-ring (bicyclic) bond motifs is 3. The summed E-state index contributed by atoms with van der Waals surface area (Å²) in [7, 11) is 0. The van der Waals surface area contributed by atoms with Crippen molar-refractivity contribution in [2.75, 3.05) is 13.1 Å². The van der Waals surface area contributed by atoms with Gasteiger partial charge in [-0.15, -0.1) is 11.3 Å². The van der Waals surface area contributed by atoms with Gasteiger partial charge in [-0.05, 0) is 37.8 Å². The van der Waals surface area contributed by atoms with E-state index < -0.39 is 6.10 Å². The Kier molecular flexibility index (Phi) is 3.17. The molecule has 2 atom stereocenters. The van der Waals surface area contributed by atoms with Crippen LogP contribution in [0, 0.1) is 0 Å². The summed E-state index contributed by atoms with van der Waals surface area (Å²) in [5.74, 6) is 0.751. The summed E-state index contributed by atoms with van der Waals surface area (Å²) in [6, 6.07) is 2.39. The first kappa shape index (κ1) is 13.2. The monoisotopic (exact) mass is 302 g/mol. The molecule has 0 spiro atoms. The molecule has 4 heterocycles. The zero-order valence-corrected chi connectivity index (χ0v) is 12.7. The molecule has 4 rings (SSSR count). The minimum Gasteiger partial charge on any atom is -0.385 e. The summed E-state index contributed by atoms with van der Waals surface area (Å²) < 4.78 is 3.41. The number of hydrogen-bond donors (Lipinski definition) is 2. The zero-order chi connectivity index (χ0) is 14.4. The first-order valence-corrected chi connectivity index (χ1v) is 8.26. The van der Waals surface area contributed by atoms with Crippen LogP contribution in [0.4, 0.5) is 0 Å². The lowest BCUT2D eigenvalue weighted by atomic mass is 10.1. The largest absolute Gasteiger partial charge is 0.385 e. The molecule has 0 saturated carbocycles. The predicted octanol–water partition coefficient (Wildman–Crippen LogP) is 2.62. The maximum absolute atomic E-state index is 10.1. The Morgan fingerprint density at radius 3 is 3.14 bits per heavy atom. The Morgan fingerprint density at radius 1 is 1.48 bits per heavy atom. The molecule has 1 aliphatic heterocycles. The number of nitrogens with one attached hydrogen (secondary N) is 1. The number of aromatic nitrogens is 3. The van der Waals surface area contributed by atoms with Gasteiger partial charge in [0.05, 0.1) is 21.9 Å². The van der Waals surface area contributed by atoms with Crippen molar-refractivity contribution >= 4 is 32.6 Å². The quantitative estimate of drug-likeness (QED) is 0.764. The van der Waals surface area contributed by atoms with Crippen molar-refractivity contribution in [3.8, 4) is 0 Å². The van der Waals surface area contributed by atoms with Gasteiger partial charge in [0.2, 0.25) is 0 Å². The molecule has 0 aromatic carbocycles. The van der Waals surface area contributed by atoms with E-state index in [9.17, 15) is 5.11 Å². The van der Waals surface area contributed by atoms with Gasteiger partial charge in [-0.2, -0.15) is 0 Å². The second-order valence-electron chi connectivity index (χ2n) is 5.64. The fourth-order valence-electron chi connectivity index (χ4n) is 3.21. The van der Waals surface area contributed by atoms with Crippen LogP contribution in [-0.4, -0.2) is 32.7 Å². The van der Waals surface area contributed by atoms with Gasteiger partial charge in [0.15, 0.2) is 0 Å². The van der Waals surface area contributed by atoms with Crippen LogP contribution < -0.4 is 5.32 Å². The number of aliphatic hydroxyl groups is 1. The van der Waals surface area contributed by atoms with E-state index in [1.54, 1.807) is 18.3 Å². The fraction of sp³-hybridized carbons (Fsp3) is 0.467. The minimum absolute atomic E-state index is 0.348. The van der Waals surface area contributed by atoms with Gasteiger partial charge in [0.25, 0.3) is 0 Å². The molecule has 1 fully saturated rings. The van der Waals surface area contributed by atoms with Crippen LogP contribution in [0.25, 0.3) is 21.3 Å². The number of imidazole rings is 1. The lowest BCUT2D eigenvalue weighted by Gasteiger charge is -2.27. The normalized spacial score (nSPS) is 21.1. The van der Waals surface area contributed by atoms with Crippen LogP contribution in [0.5, 0.6) is 0 Å². The molecule has 3 aromatic rings. The lowest BCUT2D eigenvalue weighted by Crippen LogP contribution is -2.32. The van der Waals surface area contributed by atoms with E-state index in [1.807, 2.05) is 12.3 Å². The SMILES string of the molecule is C[C@@H](O)c1nc2cnc3ccsc3c2n1[C@H]1CCCNC1. The Labute approximate surface area is 126 Å². The highest BCUT2D eigenvalue weighted by Crippen LogP contribution is 2.34. The van der Waals surface area contributed by atoms with Crippen LogP contribution in [0.2, 0.25) is 0 Å². The van der Waals surface area contributed by atoms with Gasteiger partial charge in [-0.1, -0.05) is 0 Å². The van der Waals surface area contributed by atoms with Crippen LogP contribution >= 0.6 is 11.3 Å². The number of thiophene rings is 1. The van der Waals surface area contributed by atoms with Crippen molar-refractivity contribution in [2.24, 2.45) is 0 Å². The third-order valence-electron chi connectivity index (χ3n) is 4.16. The number of hydrogen-bond acceptors (Lipinski definition) is 5. The van der Waals surface area contributed by atoms with Crippen LogP contribution in [-0.2, 0) is 0 Å². The summed E-state index contributed by atoms with van der Waals surface area (Å²) in [6.45, 7) is 3.79. The summed E-state index contributed by atoms with van der Waals surface area (Å²) in [6.07, 6.45) is 3.52. The third-order valence-corrected chi connectivity index (χ3v) is 5.07. The van der Waals surface area contributed by atoms with Crippen LogP contribution in [0.1, 0.15) is 37.7 Å². The number of aliphatic hydroxyl groups excluding tert-OH is 1. The van der Waals surface area contributed by atoms with E-state index in [2.05, 4.69) is 25.2 Å². The van der Waals surface area contributed by atoms with E-state index in [0.717, 1.165) is 53.0 Å². The van der Waals surface area contributed by atoms with E-state index in [1.165, 1.54) is 0 Å². The second kappa shape index (κ2) is 5.05. The first-order valence-electron chi connectivity index (χ1n) is 7.38. The van der Waals surface area contributed by atoms with Gasteiger partial charge in [0, 0.05) is 12.6 Å². The number of rotatable bonds is 2. The predicted molar refractivity (Wildman–Crippen MR) is 84.7 cm³/mol.